The number of carbonyl (C=O) groups is 1. The number of nitrogens with one attached hydrogen (secondary N) is 1. The van der Waals surface area contributed by atoms with Crippen LogP contribution in [-0.4, -0.2) is 44.6 Å². The van der Waals surface area contributed by atoms with Gasteiger partial charge in [-0.05, 0) is 30.7 Å². The first kappa shape index (κ1) is 17.8. The molecule has 142 valence electrons. The van der Waals surface area contributed by atoms with Gasteiger partial charge in [-0.2, -0.15) is 0 Å². The highest BCUT2D eigenvalue weighted by Gasteiger charge is 2.26. The van der Waals surface area contributed by atoms with E-state index in [1.807, 2.05) is 18.2 Å². The molecule has 1 saturated heterocycles. The molecule has 3 aromatic heterocycles. The van der Waals surface area contributed by atoms with Gasteiger partial charge in [-0.3, -0.25) is 14.6 Å². The minimum atomic E-state index is -0.189. The maximum atomic E-state index is 12.3. The Hall–Kier alpha value is -3.55. The molecular weight excluding hydrogens is 356 g/mol. The Kier molecular flexibility index (Phi) is 5.09. The fourth-order valence-electron chi connectivity index (χ4n) is 3.25. The van der Waals surface area contributed by atoms with Crippen molar-refractivity contribution in [3.8, 4) is 11.3 Å². The van der Waals surface area contributed by atoms with Crippen LogP contribution >= 0.6 is 0 Å². The van der Waals surface area contributed by atoms with E-state index in [-0.39, 0.29) is 24.1 Å². The van der Waals surface area contributed by atoms with Gasteiger partial charge in [0.05, 0.1) is 5.69 Å². The highest BCUT2D eigenvalue weighted by molar-refractivity contribution is 5.76. The molecular formula is C20H20N6O2. The normalized spacial score (nSPS) is 16.1. The van der Waals surface area contributed by atoms with Crippen LogP contribution in [-0.2, 0) is 11.3 Å². The molecule has 8 nitrogen and oxygen atoms in total. The standard InChI is InChI=1S/C20H20N6O2/c27-18(14-25-10-2-1-5-19(25)28)23-16-7-11-26(13-16)20-22-9-6-17(24-20)15-4-3-8-21-12-15/h1-6,8-10,12,16H,7,11,13-14H2,(H,23,27). The Morgan fingerprint density at radius 1 is 1.18 bits per heavy atom. The minimum absolute atomic E-state index is 0.00226. The van der Waals surface area contributed by atoms with Gasteiger partial charge in [0.2, 0.25) is 11.9 Å². The molecule has 3 aromatic rings. The van der Waals surface area contributed by atoms with E-state index in [0.717, 1.165) is 24.2 Å². The van der Waals surface area contributed by atoms with Gasteiger partial charge >= 0.3 is 0 Å². The fourth-order valence-corrected chi connectivity index (χ4v) is 3.25. The lowest BCUT2D eigenvalue weighted by Crippen LogP contribution is -2.40. The topological polar surface area (TPSA) is 93.0 Å². The number of amides is 1. The molecule has 1 amide bonds. The van der Waals surface area contributed by atoms with Crippen LogP contribution in [0.25, 0.3) is 11.3 Å². The predicted molar refractivity (Wildman–Crippen MR) is 105 cm³/mol. The molecule has 4 rings (SSSR count). The van der Waals surface area contributed by atoms with Crippen molar-refractivity contribution in [3.63, 3.8) is 0 Å². The maximum absolute atomic E-state index is 12.3. The third-order valence-corrected chi connectivity index (χ3v) is 4.65. The molecule has 0 bridgehead atoms. The highest BCUT2D eigenvalue weighted by atomic mass is 16.2. The van der Waals surface area contributed by atoms with Gasteiger partial charge in [0.25, 0.3) is 5.56 Å². The highest BCUT2D eigenvalue weighted by Crippen LogP contribution is 2.20. The second kappa shape index (κ2) is 7.99. The summed E-state index contributed by atoms with van der Waals surface area (Å²) in [6, 6.07) is 10.5. The molecule has 1 aliphatic heterocycles. The van der Waals surface area contributed by atoms with Gasteiger partial charge in [0, 0.05) is 55.5 Å². The van der Waals surface area contributed by atoms with Gasteiger partial charge in [-0.15, -0.1) is 0 Å². The fraction of sp³-hybridized carbons (Fsp3) is 0.250. The second-order valence-corrected chi connectivity index (χ2v) is 6.65. The van der Waals surface area contributed by atoms with E-state index in [4.69, 9.17) is 0 Å². The first-order valence-corrected chi connectivity index (χ1v) is 9.12. The monoisotopic (exact) mass is 376 g/mol. The third-order valence-electron chi connectivity index (χ3n) is 4.65. The molecule has 1 fully saturated rings. The number of pyridine rings is 2. The Morgan fingerprint density at radius 3 is 2.93 bits per heavy atom. The molecule has 0 aliphatic carbocycles. The number of hydrogen-bond donors (Lipinski definition) is 1. The van der Waals surface area contributed by atoms with E-state index in [9.17, 15) is 9.59 Å². The average molecular weight is 376 g/mol. The van der Waals surface area contributed by atoms with E-state index in [1.54, 1.807) is 36.9 Å². The van der Waals surface area contributed by atoms with Crippen molar-refractivity contribution in [2.24, 2.45) is 0 Å². The number of rotatable bonds is 5. The summed E-state index contributed by atoms with van der Waals surface area (Å²) >= 11 is 0. The van der Waals surface area contributed by atoms with Gasteiger partial charge in [0.1, 0.15) is 6.54 Å². The molecule has 4 heterocycles. The third kappa shape index (κ3) is 4.06. The van der Waals surface area contributed by atoms with E-state index in [0.29, 0.717) is 12.5 Å². The van der Waals surface area contributed by atoms with Crippen LogP contribution in [0, 0.1) is 0 Å². The summed E-state index contributed by atoms with van der Waals surface area (Å²) in [4.78, 5) is 39.2. The van der Waals surface area contributed by atoms with Gasteiger partial charge < -0.3 is 14.8 Å². The molecule has 1 aliphatic rings. The number of anilines is 1. The summed E-state index contributed by atoms with van der Waals surface area (Å²) in [6.45, 7) is 1.40. The smallest absolute Gasteiger partial charge is 0.250 e. The average Bonchev–Trinajstić information content (AvgIpc) is 3.19. The number of nitrogens with zero attached hydrogens (tertiary/aromatic N) is 5. The van der Waals surface area contributed by atoms with Crippen LogP contribution in [0.1, 0.15) is 6.42 Å². The van der Waals surface area contributed by atoms with Crippen LogP contribution in [0.2, 0.25) is 0 Å². The van der Waals surface area contributed by atoms with Crippen LogP contribution in [0.4, 0.5) is 5.95 Å². The quantitative estimate of drug-likeness (QED) is 0.717. The van der Waals surface area contributed by atoms with Crippen LogP contribution in [0.5, 0.6) is 0 Å². The van der Waals surface area contributed by atoms with Crippen molar-refractivity contribution in [1.29, 1.82) is 0 Å². The van der Waals surface area contributed by atoms with Crippen molar-refractivity contribution < 1.29 is 4.79 Å². The maximum Gasteiger partial charge on any atom is 0.250 e. The van der Waals surface area contributed by atoms with Gasteiger partial charge in [-0.25, -0.2) is 9.97 Å². The van der Waals surface area contributed by atoms with Crippen LogP contribution < -0.4 is 15.8 Å². The zero-order valence-electron chi connectivity index (χ0n) is 15.2. The zero-order valence-corrected chi connectivity index (χ0v) is 15.2. The number of carbonyl (C=O) groups excluding carboxylic acids is 1. The molecule has 8 heteroatoms. The Bertz CT molecular complexity index is 1020. The zero-order chi connectivity index (χ0) is 19.3. The van der Waals surface area contributed by atoms with Gasteiger partial charge in [-0.1, -0.05) is 6.07 Å². The molecule has 28 heavy (non-hydrogen) atoms. The molecule has 0 spiro atoms. The predicted octanol–water partition coefficient (Wildman–Crippen LogP) is 1.10. The molecule has 0 aromatic carbocycles. The summed E-state index contributed by atoms with van der Waals surface area (Å²) in [5.74, 6) is 0.461. The van der Waals surface area contributed by atoms with Crippen LogP contribution in [0.3, 0.4) is 0 Å². The number of aromatic nitrogens is 4. The minimum Gasteiger partial charge on any atom is -0.350 e. The van der Waals surface area contributed by atoms with E-state index < -0.39 is 0 Å². The SMILES string of the molecule is O=C(Cn1ccccc1=O)NC1CCN(c2nccc(-c3cccnc3)n2)C1. The Balaban J connectivity index is 1.39. The molecule has 1 atom stereocenters. The van der Waals surface area contributed by atoms with Crippen molar-refractivity contribution in [3.05, 3.63) is 71.5 Å². The van der Waals surface area contributed by atoms with Crippen LogP contribution in [0.15, 0.2) is 66.0 Å². The lowest BCUT2D eigenvalue weighted by Gasteiger charge is -2.17. The van der Waals surface area contributed by atoms with Gasteiger partial charge in [0.15, 0.2) is 0 Å². The Morgan fingerprint density at radius 2 is 2.11 bits per heavy atom. The van der Waals surface area contributed by atoms with Crippen molar-refractivity contribution in [2.75, 3.05) is 18.0 Å². The molecule has 1 unspecified atom stereocenters. The lowest BCUT2D eigenvalue weighted by molar-refractivity contribution is -0.122. The van der Waals surface area contributed by atoms with Crippen molar-refractivity contribution in [1.82, 2.24) is 24.8 Å². The van der Waals surface area contributed by atoms with E-state index in [2.05, 4.69) is 25.2 Å². The molecule has 1 N–H and O–H groups in total. The first-order chi connectivity index (χ1) is 13.7. The summed E-state index contributed by atoms with van der Waals surface area (Å²) in [5.41, 5.74) is 1.56. The lowest BCUT2D eigenvalue weighted by atomic mass is 10.2. The summed E-state index contributed by atoms with van der Waals surface area (Å²) in [5, 5.41) is 2.99. The van der Waals surface area contributed by atoms with E-state index >= 15 is 0 Å². The molecule has 0 saturated carbocycles. The molecule has 0 radical (unpaired) electrons. The Labute approximate surface area is 161 Å². The van der Waals surface area contributed by atoms with Crippen molar-refractivity contribution in [2.45, 2.75) is 19.0 Å². The van der Waals surface area contributed by atoms with Crippen molar-refractivity contribution >= 4 is 11.9 Å². The summed E-state index contributed by atoms with van der Waals surface area (Å²) < 4.78 is 1.39. The van der Waals surface area contributed by atoms with E-state index in [1.165, 1.54) is 10.6 Å². The second-order valence-electron chi connectivity index (χ2n) is 6.65. The first-order valence-electron chi connectivity index (χ1n) is 9.12. The summed E-state index contributed by atoms with van der Waals surface area (Å²) in [6.07, 6.45) is 7.64. The largest absolute Gasteiger partial charge is 0.350 e. The summed E-state index contributed by atoms with van der Waals surface area (Å²) in [7, 11) is 0. The number of hydrogen-bond acceptors (Lipinski definition) is 6.